The molecule has 0 saturated carbocycles. The van der Waals surface area contributed by atoms with E-state index in [4.69, 9.17) is 4.74 Å². The van der Waals surface area contributed by atoms with E-state index in [1.807, 2.05) is 7.11 Å². The van der Waals surface area contributed by atoms with Gasteiger partial charge in [0, 0.05) is 26.9 Å². The molecule has 13 heavy (non-hydrogen) atoms. The number of unbranched alkanes of at least 4 members (excludes halogenated alkanes) is 1. The summed E-state index contributed by atoms with van der Waals surface area (Å²) >= 11 is 0. The van der Waals surface area contributed by atoms with Crippen molar-refractivity contribution in [3.05, 3.63) is 0 Å². The Hall–Kier alpha value is -0.0800. The highest BCUT2D eigenvalue weighted by atomic mass is 16.5. The Labute approximate surface area is 82.5 Å². The van der Waals surface area contributed by atoms with Crippen LogP contribution >= 0.6 is 0 Å². The largest absolute Gasteiger partial charge is 0.333 e. The molecule has 0 spiro atoms. The van der Waals surface area contributed by atoms with Crippen molar-refractivity contribution in [2.45, 2.75) is 45.8 Å². The second kappa shape index (κ2) is 4.97. The maximum absolute atomic E-state index is 5.51. The van der Waals surface area contributed by atoms with Gasteiger partial charge in [0.1, 0.15) is 0 Å². The van der Waals surface area contributed by atoms with E-state index < -0.39 is 0 Å². The van der Waals surface area contributed by atoms with Crippen LogP contribution in [0, 0.1) is 0 Å². The quantitative estimate of drug-likeness (QED) is 0.599. The highest BCUT2D eigenvalue weighted by Gasteiger charge is 2.36. The van der Waals surface area contributed by atoms with Gasteiger partial charge in [-0.15, -0.1) is 0 Å². The Morgan fingerprint density at radius 3 is 2.38 bits per heavy atom. The van der Waals surface area contributed by atoms with Gasteiger partial charge in [0.05, 0.1) is 19.6 Å². The maximum atomic E-state index is 5.51. The molecule has 2 heteroatoms. The molecule has 1 aliphatic heterocycles. The summed E-state index contributed by atoms with van der Waals surface area (Å²) in [7, 11) is 1.84. The average molecular weight is 186 g/mol. The zero-order chi connectivity index (χ0) is 9.73. The minimum atomic E-state index is 0.397. The molecule has 0 aromatic heterocycles. The van der Waals surface area contributed by atoms with Crippen LogP contribution in [-0.4, -0.2) is 37.5 Å². The van der Waals surface area contributed by atoms with Gasteiger partial charge >= 0.3 is 0 Å². The summed E-state index contributed by atoms with van der Waals surface area (Å²) in [5.74, 6) is 0. The zero-order valence-electron chi connectivity index (χ0n) is 9.38. The summed E-state index contributed by atoms with van der Waals surface area (Å²) in [4.78, 5) is 0. The lowest BCUT2D eigenvalue weighted by molar-refractivity contribution is -0.959. The Bertz CT molecular complexity index is 141. The van der Waals surface area contributed by atoms with Crippen molar-refractivity contribution in [3.63, 3.8) is 0 Å². The summed E-state index contributed by atoms with van der Waals surface area (Å²) < 4.78 is 6.72. The lowest BCUT2D eigenvalue weighted by Gasteiger charge is -2.38. The monoisotopic (exact) mass is 186 g/mol. The molecule has 2 nitrogen and oxygen atoms in total. The topological polar surface area (TPSA) is 9.23 Å². The van der Waals surface area contributed by atoms with E-state index in [1.165, 1.54) is 49.8 Å². The van der Waals surface area contributed by atoms with Crippen LogP contribution in [-0.2, 0) is 4.74 Å². The first kappa shape index (κ1) is 11.0. The Balaban J connectivity index is 2.52. The molecular formula is C11H24NO+. The van der Waals surface area contributed by atoms with Gasteiger partial charge in [0.15, 0.2) is 6.23 Å². The normalized spacial score (nSPS) is 23.3. The maximum Gasteiger partial charge on any atom is 0.190 e. The number of likely N-dealkylation sites (tertiary alicyclic amines) is 1. The molecule has 1 aliphatic rings. The lowest BCUT2D eigenvalue weighted by atomic mass is 10.2. The number of rotatable bonds is 5. The molecule has 1 unspecified atom stereocenters. The van der Waals surface area contributed by atoms with Gasteiger partial charge in [-0.05, 0) is 6.42 Å². The van der Waals surface area contributed by atoms with Crippen molar-refractivity contribution in [2.75, 3.05) is 26.7 Å². The molecular weight excluding hydrogens is 162 g/mol. The Morgan fingerprint density at radius 2 is 1.92 bits per heavy atom. The van der Waals surface area contributed by atoms with Crippen molar-refractivity contribution >= 4 is 0 Å². The van der Waals surface area contributed by atoms with Gasteiger partial charge in [-0.1, -0.05) is 13.3 Å². The van der Waals surface area contributed by atoms with Gasteiger partial charge in [-0.2, -0.15) is 0 Å². The van der Waals surface area contributed by atoms with E-state index in [9.17, 15) is 0 Å². The standard InChI is InChI=1S/C11H24NO/c1-4-5-8-12(11(2)13-3)9-6-7-10-12/h11H,4-10H2,1-3H3/q+1. The van der Waals surface area contributed by atoms with Crippen LogP contribution in [0.4, 0.5) is 0 Å². The van der Waals surface area contributed by atoms with E-state index in [0.29, 0.717) is 6.23 Å². The third-order valence-electron chi connectivity index (χ3n) is 3.53. The molecule has 0 amide bonds. The molecule has 1 fully saturated rings. The van der Waals surface area contributed by atoms with Crippen molar-refractivity contribution in [3.8, 4) is 0 Å². The molecule has 0 radical (unpaired) electrons. The SMILES string of the molecule is CCCC[N+]1(C(C)OC)CCCC1. The van der Waals surface area contributed by atoms with Crippen LogP contribution in [0.25, 0.3) is 0 Å². The summed E-state index contributed by atoms with van der Waals surface area (Å²) in [6.45, 7) is 8.46. The molecule has 0 aromatic carbocycles. The van der Waals surface area contributed by atoms with Gasteiger partial charge in [0.2, 0.25) is 0 Å². The molecule has 1 saturated heterocycles. The molecule has 0 aromatic rings. The molecule has 0 bridgehead atoms. The second-order valence-corrected chi connectivity index (χ2v) is 4.29. The number of hydrogen-bond acceptors (Lipinski definition) is 1. The Kier molecular flexibility index (Phi) is 4.20. The summed E-state index contributed by atoms with van der Waals surface area (Å²) in [5.41, 5.74) is 0. The predicted octanol–water partition coefficient (Wildman–Crippen LogP) is 2.39. The van der Waals surface area contributed by atoms with Crippen LogP contribution in [0.15, 0.2) is 0 Å². The fourth-order valence-corrected chi connectivity index (χ4v) is 2.43. The Morgan fingerprint density at radius 1 is 1.31 bits per heavy atom. The minimum absolute atomic E-state index is 0.397. The second-order valence-electron chi connectivity index (χ2n) is 4.29. The van der Waals surface area contributed by atoms with Crippen molar-refractivity contribution in [1.82, 2.24) is 0 Å². The van der Waals surface area contributed by atoms with Gasteiger partial charge in [-0.25, -0.2) is 0 Å². The molecule has 1 heterocycles. The molecule has 78 valence electrons. The smallest absolute Gasteiger partial charge is 0.190 e. The lowest BCUT2D eigenvalue weighted by Crippen LogP contribution is -2.53. The fourth-order valence-electron chi connectivity index (χ4n) is 2.43. The van der Waals surface area contributed by atoms with Gasteiger partial charge in [0.25, 0.3) is 0 Å². The molecule has 1 atom stereocenters. The zero-order valence-corrected chi connectivity index (χ0v) is 9.38. The van der Waals surface area contributed by atoms with Crippen molar-refractivity contribution in [2.24, 2.45) is 0 Å². The highest BCUT2D eigenvalue weighted by molar-refractivity contribution is 4.56. The minimum Gasteiger partial charge on any atom is -0.333 e. The fraction of sp³-hybridized carbons (Fsp3) is 1.00. The number of nitrogens with zero attached hydrogens (tertiary/aromatic N) is 1. The molecule has 0 N–H and O–H groups in total. The van der Waals surface area contributed by atoms with Crippen LogP contribution in [0.3, 0.4) is 0 Å². The highest BCUT2D eigenvalue weighted by Crippen LogP contribution is 2.24. The third-order valence-corrected chi connectivity index (χ3v) is 3.53. The summed E-state index contributed by atoms with van der Waals surface area (Å²) in [6, 6.07) is 0. The van der Waals surface area contributed by atoms with E-state index in [1.54, 1.807) is 0 Å². The van der Waals surface area contributed by atoms with Crippen molar-refractivity contribution < 1.29 is 9.22 Å². The van der Waals surface area contributed by atoms with Gasteiger partial charge < -0.3 is 4.74 Å². The number of hydrogen-bond donors (Lipinski definition) is 0. The van der Waals surface area contributed by atoms with Crippen LogP contribution in [0.2, 0.25) is 0 Å². The summed E-state index contributed by atoms with van der Waals surface area (Å²) in [5, 5.41) is 0. The van der Waals surface area contributed by atoms with E-state index in [-0.39, 0.29) is 0 Å². The van der Waals surface area contributed by atoms with E-state index >= 15 is 0 Å². The van der Waals surface area contributed by atoms with Crippen molar-refractivity contribution in [1.29, 1.82) is 0 Å². The first-order valence-electron chi connectivity index (χ1n) is 5.64. The first-order chi connectivity index (χ1) is 6.25. The van der Waals surface area contributed by atoms with Gasteiger partial charge in [-0.3, -0.25) is 4.48 Å². The van der Waals surface area contributed by atoms with Crippen LogP contribution in [0.5, 0.6) is 0 Å². The van der Waals surface area contributed by atoms with Crippen LogP contribution in [0.1, 0.15) is 39.5 Å². The summed E-state index contributed by atoms with van der Waals surface area (Å²) in [6.07, 6.45) is 5.81. The van der Waals surface area contributed by atoms with E-state index in [2.05, 4.69) is 13.8 Å². The average Bonchev–Trinajstić information content (AvgIpc) is 2.63. The first-order valence-corrected chi connectivity index (χ1v) is 5.64. The van der Waals surface area contributed by atoms with Crippen LogP contribution < -0.4 is 0 Å². The predicted molar refractivity (Wildman–Crippen MR) is 55.5 cm³/mol. The number of methoxy groups -OCH3 is 1. The molecule has 1 rings (SSSR count). The van der Waals surface area contributed by atoms with E-state index in [0.717, 1.165) is 0 Å². The molecule has 0 aliphatic carbocycles. The number of quaternary nitrogens is 1. The number of ether oxygens (including phenoxy) is 1. The third kappa shape index (κ3) is 2.44.